The van der Waals surface area contributed by atoms with Gasteiger partial charge in [-0.15, -0.1) is 0 Å². The van der Waals surface area contributed by atoms with E-state index < -0.39 is 0 Å². The second-order valence-electron chi connectivity index (χ2n) is 19.5. The molecule has 0 amide bonds. The lowest BCUT2D eigenvalue weighted by Gasteiger charge is -2.07. The number of carbonyl (C=O) groups is 1. The van der Waals surface area contributed by atoms with Gasteiger partial charge in [0.2, 0.25) is 0 Å². The molecule has 360 valence electrons. The van der Waals surface area contributed by atoms with Crippen LogP contribution in [0.2, 0.25) is 0 Å². The molecule has 0 aliphatic carbocycles. The van der Waals surface area contributed by atoms with Gasteiger partial charge in [-0.05, 0) is 50.9 Å². The highest BCUT2D eigenvalue weighted by atomic mass is 16.5. The first-order valence-corrected chi connectivity index (χ1v) is 28.3. The van der Waals surface area contributed by atoms with Gasteiger partial charge in [0.1, 0.15) is 0 Å². The van der Waals surface area contributed by atoms with Crippen molar-refractivity contribution in [2.45, 2.75) is 323 Å². The summed E-state index contributed by atoms with van der Waals surface area (Å²) in [5.74, 6) is 0.952. The Bertz CT molecular complexity index is 900. The monoisotopic (exact) mass is 853 g/mol. The predicted molar refractivity (Wildman–Crippen MR) is 276 cm³/mol. The molecule has 2 nitrogen and oxygen atoms in total. The van der Waals surface area contributed by atoms with Crippen LogP contribution < -0.4 is 0 Å². The highest BCUT2D eigenvalue weighted by Gasteiger charge is 2.03. The molecule has 0 bridgehead atoms. The van der Waals surface area contributed by atoms with E-state index in [1.807, 2.05) is 0 Å². The van der Waals surface area contributed by atoms with Gasteiger partial charge in [0.05, 0.1) is 6.61 Å². The molecular weight excluding hydrogens is 741 g/mol. The van der Waals surface area contributed by atoms with Crippen LogP contribution >= 0.6 is 0 Å². The molecule has 0 heterocycles. The fourth-order valence-corrected chi connectivity index (χ4v) is 8.78. The molecule has 0 aliphatic rings. The fraction of sp³-hybridized carbons (Fsp3) is 0.881. The smallest absolute Gasteiger partial charge is 0.305 e. The van der Waals surface area contributed by atoms with Gasteiger partial charge in [-0.25, -0.2) is 0 Å². The second-order valence-corrected chi connectivity index (χ2v) is 19.5. The van der Waals surface area contributed by atoms with Gasteiger partial charge < -0.3 is 4.74 Å². The summed E-state index contributed by atoms with van der Waals surface area (Å²) >= 11 is 0. The molecule has 0 aromatic carbocycles. The quantitative estimate of drug-likeness (QED) is 0.0346. The van der Waals surface area contributed by atoms with Gasteiger partial charge in [0.25, 0.3) is 0 Å². The van der Waals surface area contributed by atoms with E-state index in [0.29, 0.717) is 13.0 Å². The summed E-state index contributed by atoms with van der Waals surface area (Å²) < 4.78 is 5.48. The minimum Gasteiger partial charge on any atom is -0.466 e. The zero-order valence-corrected chi connectivity index (χ0v) is 42.3. The first kappa shape index (κ1) is 59.7. The summed E-state index contributed by atoms with van der Waals surface area (Å²) in [6, 6.07) is 0. The van der Waals surface area contributed by atoms with Crippen LogP contribution in [-0.2, 0) is 9.53 Å². The lowest BCUT2D eigenvalue weighted by atomic mass is 9.99. The van der Waals surface area contributed by atoms with Crippen molar-refractivity contribution >= 4 is 5.97 Å². The molecule has 0 aliphatic heterocycles. The van der Waals surface area contributed by atoms with Crippen LogP contribution in [0.15, 0.2) is 36.5 Å². The molecule has 1 atom stereocenters. The molecule has 0 N–H and O–H groups in total. The fourth-order valence-electron chi connectivity index (χ4n) is 8.78. The Morgan fingerprint density at radius 1 is 0.361 bits per heavy atom. The number of allylic oxidation sites excluding steroid dienone is 6. The van der Waals surface area contributed by atoms with Gasteiger partial charge in [-0.2, -0.15) is 0 Å². The van der Waals surface area contributed by atoms with Crippen molar-refractivity contribution in [3.05, 3.63) is 36.5 Å². The SMILES string of the molecule is CC/C=C\C/C=C\C/C=C\CCCCCCCC(=O)OCCCCCCCCCCCCCCCCCCCCCCCCCCCCCCCCCCCCCC(C)CC. The maximum atomic E-state index is 12.0. The Morgan fingerprint density at radius 3 is 1.02 bits per heavy atom. The summed E-state index contributed by atoms with van der Waals surface area (Å²) in [6.07, 6.45) is 77.5. The van der Waals surface area contributed by atoms with Gasteiger partial charge in [0.15, 0.2) is 0 Å². The van der Waals surface area contributed by atoms with Crippen molar-refractivity contribution < 1.29 is 9.53 Å². The van der Waals surface area contributed by atoms with Crippen molar-refractivity contribution in [2.75, 3.05) is 6.61 Å². The normalized spacial score (nSPS) is 12.5. The van der Waals surface area contributed by atoms with Crippen LogP contribution in [0, 0.1) is 5.92 Å². The first-order valence-electron chi connectivity index (χ1n) is 28.3. The van der Waals surface area contributed by atoms with E-state index >= 15 is 0 Å². The summed E-state index contributed by atoms with van der Waals surface area (Å²) in [4.78, 5) is 12.0. The minimum atomic E-state index is 0.0117. The summed E-state index contributed by atoms with van der Waals surface area (Å²) in [7, 11) is 0. The Hall–Kier alpha value is -1.31. The lowest BCUT2D eigenvalue weighted by molar-refractivity contribution is -0.143. The lowest BCUT2D eigenvalue weighted by Crippen LogP contribution is -2.05. The summed E-state index contributed by atoms with van der Waals surface area (Å²) in [5, 5.41) is 0. The molecule has 61 heavy (non-hydrogen) atoms. The molecule has 1 unspecified atom stereocenters. The topological polar surface area (TPSA) is 26.3 Å². The van der Waals surface area contributed by atoms with E-state index in [-0.39, 0.29) is 5.97 Å². The highest BCUT2D eigenvalue weighted by Crippen LogP contribution is 2.18. The Balaban J connectivity index is 3.16. The van der Waals surface area contributed by atoms with Crippen LogP contribution in [0.3, 0.4) is 0 Å². The van der Waals surface area contributed by atoms with E-state index in [1.54, 1.807) is 0 Å². The number of unbranched alkanes of at least 4 members (excludes halogenated alkanes) is 39. The largest absolute Gasteiger partial charge is 0.466 e. The highest BCUT2D eigenvalue weighted by molar-refractivity contribution is 5.69. The molecule has 0 aromatic rings. The van der Waals surface area contributed by atoms with Gasteiger partial charge in [-0.1, -0.05) is 308 Å². The van der Waals surface area contributed by atoms with Crippen LogP contribution in [0.1, 0.15) is 323 Å². The summed E-state index contributed by atoms with van der Waals surface area (Å²) in [5.41, 5.74) is 0. The van der Waals surface area contributed by atoms with Crippen molar-refractivity contribution in [3.63, 3.8) is 0 Å². The average Bonchev–Trinajstić information content (AvgIpc) is 3.27. The van der Waals surface area contributed by atoms with E-state index in [4.69, 9.17) is 4.74 Å². The van der Waals surface area contributed by atoms with Crippen LogP contribution in [0.5, 0.6) is 0 Å². The second kappa shape index (κ2) is 54.8. The average molecular weight is 854 g/mol. The number of hydrogen-bond acceptors (Lipinski definition) is 2. The molecule has 0 spiro atoms. The van der Waals surface area contributed by atoms with Crippen molar-refractivity contribution in [1.29, 1.82) is 0 Å². The maximum absolute atomic E-state index is 12.0. The van der Waals surface area contributed by atoms with E-state index in [0.717, 1.165) is 44.4 Å². The van der Waals surface area contributed by atoms with E-state index in [9.17, 15) is 4.79 Å². The molecule has 2 heteroatoms. The standard InChI is InChI=1S/C59H112O2/c1-4-6-7-8-9-10-11-12-34-38-41-44-47-50-53-56-59(60)61-57-54-51-48-45-42-39-36-33-31-29-27-25-23-21-19-17-15-13-14-16-18-20-22-24-26-28-30-32-35-37-40-43-46-49-52-55-58(3)5-2/h6-7,9-10,12,34,58H,4-5,8,11,13-33,35-57H2,1-3H3/b7-6-,10-9-,34-12-. The summed E-state index contributed by atoms with van der Waals surface area (Å²) in [6.45, 7) is 7.53. The maximum Gasteiger partial charge on any atom is 0.305 e. The molecule has 0 saturated heterocycles. The molecule has 0 aromatic heterocycles. The number of ether oxygens (including phenoxy) is 1. The predicted octanol–water partition coefficient (Wildman–Crippen LogP) is 21.2. The van der Waals surface area contributed by atoms with Gasteiger partial charge in [-0.3, -0.25) is 4.79 Å². The van der Waals surface area contributed by atoms with Crippen molar-refractivity contribution in [3.8, 4) is 0 Å². The number of carbonyl (C=O) groups excluding carboxylic acids is 1. The van der Waals surface area contributed by atoms with Crippen LogP contribution in [0.25, 0.3) is 0 Å². The van der Waals surface area contributed by atoms with E-state index in [2.05, 4.69) is 57.2 Å². The zero-order chi connectivity index (χ0) is 44.0. The number of hydrogen-bond donors (Lipinski definition) is 0. The van der Waals surface area contributed by atoms with Gasteiger partial charge >= 0.3 is 5.97 Å². The number of esters is 1. The zero-order valence-electron chi connectivity index (χ0n) is 42.3. The minimum absolute atomic E-state index is 0.0117. The third-order valence-electron chi connectivity index (χ3n) is 13.3. The van der Waals surface area contributed by atoms with Crippen LogP contribution in [0.4, 0.5) is 0 Å². The van der Waals surface area contributed by atoms with E-state index in [1.165, 1.54) is 257 Å². The molecule has 0 saturated carbocycles. The molecular formula is C59H112O2. The number of rotatable bonds is 52. The molecule has 0 fully saturated rings. The first-order chi connectivity index (χ1) is 30.2. The van der Waals surface area contributed by atoms with Gasteiger partial charge in [0, 0.05) is 6.42 Å². The third kappa shape index (κ3) is 54.8. The Labute approximate surface area is 385 Å². The molecule has 0 rings (SSSR count). The van der Waals surface area contributed by atoms with Crippen molar-refractivity contribution in [1.82, 2.24) is 0 Å². The Morgan fingerprint density at radius 2 is 0.656 bits per heavy atom. The third-order valence-corrected chi connectivity index (χ3v) is 13.3. The van der Waals surface area contributed by atoms with Crippen molar-refractivity contribution in [2.24, 2.45) is 5.92 Å². The molecule has 0 radical (unpaired) electrons. The Kier molecular flexibility index (Phi) is 53.6. The van der Waals surface area contributed by atoms with Crippen LogP contribution in [-0.4, -0.2) is 12.6 Å².